The first-order chi connectivity index (χ1) is 12.5. The highest BCUT2D eigenvalue weighted by Crippen LogP contribution is 2.19. The van der Waals surface area contributed by atoms with Gasteiger partial charge >= 0.3 is 0 Å². The van der Waals surface area contributed by atoms with Gasteiger partial charge in [0, 0.05) is 30.7 Å². The Bertz CT molecular complexity index is 693. The fourth-order valence-corrected chi connectivity index (χ4v) is 2.73. The number of hydrogen-bond donors (Lipinski definition) is 1. The summed E-state index contributed by atoms with van der Waals surface area (Å²) in [5.41, 5.74) is 2.18. The summed E-state index contributed by atoms with van der Waals surface area (Å²) in [6.45, 7) is 10.2. The molecule has 0 radical (unpaired) electrons. The Labute approximate surface area is 156 Å². The maximum Gasteiger partial charge on any atom is 0.274 e. The third-order valence-corrected chi connectivity index (χ3v) is 3.81. The van der Waals surface area contributed by atoms with Gasteiger partial charge in [-0.05, 0) is 63.1 Å². The molecular weight excluding hydrogens is 326 g/mol. The van der Waals surface area contributed by atoms with Gasteiger partial charge in [-0.2, -0.15) is 0 Å². The van der Waals surface area contributed by atoms with Crippen LogP contribution in [0.5, 0.6) is 5.75 Å². The van der Waals surface area contributed by atoms with Crippen LogP contribution in [0, 0.1) is 0 Å². The summed E-state index contributed by atoms with van der Waals surface area (Å²) >= 11 is 0. The Morgan fingerprint density at radius 2 is 1.77 bits per heavy atom. The fraction of sp³-hybridized carbons (Fsp3) is 0.429. The number of amides is 1. The fourth-order valence-electron chi connectivity index (χ4n) is 2.73. The van der Waals surface area contributed by atoms with E-state index in [1.165, 1.54) is 0 Å². The minimum atomic E-state index is -0.211. The van der Waals surface area contributed by atoms with Crippen LogP contribution in [0.3, 0.4) is 0 Å². The average molecular weight is 355 g/mol. The first kappa shape index (κ1) is 19.8. The topological polar surface area (TPSA) is 54.5 Å². The molecule has 0 bridgehead atoms. The number of rotatable bonds is 9. The van der Waals surface area contributed by atoms with Gasteiger partial charge in [0.15, 0.2) is 0 Å². The van der Waals surface area contributed by atoms with Crippen molar-refractivity contribution in [2.45, 2.75) is 46.6 Å². The lowest BCUT2D eigenvalue weighted by atomic mass is 10.2. The number of nitrogens with one attached hydrogen (secondary N) is 1. The zero-order chi connectivity index (χ0) is 18.9. The number of anilines is 2. The van der Waals surface area contributed by atoms with Crippen molar-refractivity contribution in [2.24, 2.45) is 0 Å². The minimum Gasteiger partial charge on any atom is -0.491 e. The van der Waals surface area contributed by atoms with Crippen molar-refractivity contribution in [1.82, 2.24) is 4.98 Å². The molecule has 0 atom stereocenters. The molecule has 2 aromatic rings. The molecule has 1 amide bonds. The molecule has 0 saturated heterocycles. The molecular formula is C21H29N3O2. The van der Waals surface area contributed by atoms with Gasteiger partial charge < -0.3 is 15.0 Å². The van der Waals surface area contributed by atoms with Crippen LogP contribution >= 0.6 is 0 Å². The summed E-state index contributed by atoms with van der Waals surface area (Å²) in [6, 6.07) is 11.2. The van der Waals surface area contributed by atoms with Crippen LogP contribution in [0.25, 0.3) is 0 Å². The molecule has 0 aliphatic rings. The summed E-state index contributed by atoms with van der Waals surface area (Å²) in [5, 5.41) is 2.89. The van der Waals surface area contributed by atoms with Gasteiger partial charge in [-0.15, -0.1) is 0 Å². The summed E-state index contributed by atoms with van der Waals surface area (Å²) in [6.07, 6.45) is 3.95. The first-order valence-electron chi connectivity index (χ1n) is 9.32. The highest BCUT2D eigenvalue weighted by Gasteiger charge is 2.12. The third kappa shape index (κ3) is 5.76. The molecule has 1 aromatic heterocycles. The van der Waals surface area contributed by atoms with Crippen molar-refractivity contribution in [3.05, 3.63) is 48.3 Å². The SMILES string of the molecule is CCCN(CCC)c1ccnc(C(=O)Nc2ccc(OC(C)C)cc2)c1. The average Bonchev–Trinajstić information content (AvgIpc) is 2.63. The van der Waals surface area contributed by atoms with Crippen LogP contribution in [0.15, 0.2) is 42.6 Å². The van der Waals surface area contributed by atoms with Crippen molar-refractivity contribution in [3.63, 3.8) is 0 Å². The van der Waals surface area contributed by atoms with Crippen LogP contribution in [0.4, 0.5) is 11.4 Å². The molecule has 1 heterocycles. The molecule has 0 aliphatic heterocycles. The summed E-state index contributed by atoms with van der Waals surface area (Å²) in [5.74, 6) is 0.574. The lowest BCUT2D eigenvalue weighted by Gasteiger charge is -2.23. The Morgan fingerprint density at radius 3 is 2.35 bits per heavy atom. The number of aromatic nitrogens is 1. The number of carbonyl (C=O) groups excluding carboxylic acids is 1. The largest absolute Gasteiger partial charge is 0.491 e. The zero-order valence-electron chi connectivity index (χ0n) is 16.2. The zero-order valence-corrected chi connectivity index (χ0v) is 16.2. The molecule has 140 valence electrons. The summed E-state index contributed by atoms with van der Waals surface area (Å²) in [4.78, 5) is 19.1. The smallest absolute Gasteiger partial charge is 0.274 e. The minimum absolute atomic E-state index is 0.122. The number of pyridine rings is 1. The number of carbonyl (C=O) groups is 1. The van der Waals surface area contributed by atoms with E-state index in [4.69, 9.17) is 4.74 Å². The van der Waals surface area contributed by atoms with Crippen LogP contribution in [0.2, 0.25) is 0 Å². The maximum atomic E-state index is 12.5. The molecule has 5 nitrogen and oxygen atoms in total. The van der Waals surface area contributed by atoms with E-state index in [2.05, 4.69) is 29.0 Å². The lowest BCUT2D eigenvalue weighted by molar-refractivity contribution is 0.102. The molecule has 2 rings (SSSR count). The number of benzene rings is 1. The maximum absolute atomic E-state index is 12.5. The van der Waals surface area contributed by atoms with E-state index in [0.717, 1.165) is 43.1 Å². The van der Waals surface area contributed by atoms with Gasteiger partial charge in [0.1, 0.15) is 11.4 Å². The second kappa shape index (κ2) is 9.80. The quantitative estimate of drug-likeness (QED) is 0.705. The number of ether oxygens (including phenoxy) is 1. The highest BCUT2D eigenvalue weighted by molar-refractivity contribution is 6.03. The first-order valence-corrected chi connectivity index (χ1v) is 9.32. The Hall–Kier alpha value is -2.56. The van der Waals surface area contributed by atoms with Crippen LogP contribution in [0.1, 0.15) is 51.0 Å². The molecule has 0 fully saturated rings. The molecule has 0 saturated carbocycles. The van der Waals surface area contributed by atoms with Gasteiger partial charge in [0.2, 0.25) is 0 Å². The molecule has 0 spiro atoms. The third-order valence-electron chi connectivity index (χ3n) is 3.81. The molecule has 0 aliphatic carbocycles. The lowest BCUT2D eigenvalue weighted by Crippen LogP contribution is -2.25. The standard InChI is InChI=1S/C21H29N3O2/c1-5-13-24(14-6-2)18-11-12-22-20(15-18)21(25)23-17-7-9-19(10-8-17)26-16(3)4/h7-12,15-16H,5-6,13-14H2,1-4H3,(H,23,25). The summed E-state index contributed by atoms with van der Waals surface area (Å²) < 4.78 is 5.62. The molecule has 26 heavy (non-hydrogen) atoms. The van der Waals surface area contributed by atoms with E-state index in [9.17, 15) is 4.79 Å². The second-order valence-corrected chi connectivity index (χ2v) is 6.53. The van der Waals surface area contributed by atoms with Gasteiger partial charge in [0.25, 0.3) is 5.91 Å². The Morgan fingerprint density at radius 1 is 1.12 bits per heavy atom. The van der Waals surface area contributed by atoms with Gasteiger partial charge in [0.05, 0.1) is 6.10 Å². The Balaban J connectivity index is 2.08. The van der Waals surface area contributed by atoms with Crippen molar-refractivity contribution < 1.29 is 9.53 Å². The van der Waals surface area contributed by atoms with E-state index < -0.39 is 0 Å². The molecule has 1 N–H and O–H groups in total. The Kier molecular flexibility index (Phi) is 7.45. The molecule has 0 unspecified atom stereocenters. The van der Waals surface area contributed by atoms with Gasteiger partial charge in [-0.1, -0.05) is 13.8 Å². The summed E-state index contributed by atoms with van der Waals surface area (Å²) in [7, 11) is 0. The van der Waals surface area contributed by atoms with E-state index in [1.54, 1.807) is 6.20 Å². The highest BCUT2D eigenvalue weighted by atomic mass is 16.5. The van der Waals surface area contributed by atoms with Crippen molar-refractivity contribution in [1.29, 1.82) is 0 Å². The van der Waals surface area contributed by atoms with E-state index in [0.29, 0.717) is 5.69 Å². The predicted molar refractivity (Wildman–Crippen MR) is 107 cm³/mol. The predicted octanol–water partition coefficient (Wildman–Crippen LogP) is 4.75. The van der Waals surface area contributed by atoms with Crippen LogP contribution in [-0.2, 0) is 0 Å². The van der Waals surface area contributed by atoms with Crippen LogP contribution in [-0.4, -0.2) is 30.1 Å². The van der Waals surface area contributed by atoms with Gasteiger partial charge in [-0.3, -0.25) is 9.78 Å². The molecule has 5 heteroatoms. The van der Waals surface area contributed by atoms with E-state index in [-0.39, 0.29) is 12.0 Å². The van der Waals surface area contributed by atoms with Crippen LogP contribution < -0.4 is 15.0 Å². The van der Waals surface area contributed by atoms with E-state index >= 15 is 0 Å². The second-order valence-electron chi connectivity index (χ2n) is 6.53. The van der Waals surface area contributed by atoms with Crippen molar-refractivity contribution in [3.8, 4) is 5.75 Å². The normalized spacial score (nSPS) is 10.7. The molecule has 1 aromatic carbocycles. The van der Waals surface area contributed by atoms with Crippen molar-refractivity contribution >= 4 is 17.3 Å². The van der Waals surface area contributed by atoms with Gasteiger partial charge in [-0.25, -0.2) is 0 Å². The monoisotopic (exact) mass is 355 g/mol. The van der Waals surface area contributed by atoms with E-state index in [1.807, 2.05) is 50.2 Å². The number of hydrogen-bond acceptors (Lipinski definition) is 4. The van der Waals surface area contributed by atoms with Crippen molar-refractivity contribution in [2.75, 3.05) is 23.3 Å². The number of nitrogens with zero attached hydrogens (tertiary/aromatic N) is 2.